The van der Waals surface area contributed by atoms with Crippen LogP contribution < -0.4 is 4.72 Å². The first-order valence-corrected chi connectivity index (χ1v) is 17.0. The zero-order chi connectivity index (χ0) is 31.7. The summed E-state index contributed by atoms with van der Waals surface area (Å²) >= 11 is 0. The van der Waals surface area contributed by atoms with Crippen LogP contribution in [0.4, 0.5) is 5.82 Å². The highest BCUT2D eigenvalue weighted by Gasteiger charge is 2.51. The van der Waals surface area contributed by atoms with E-state index in [0.29, 0.717) is 35.6 Å². The van der Waals surface area contributed by atoms with Crippen molar-refractivity contribution in [2.45, 2.75) is 103 Å². The smallest absolute Gasteiger partial charge is 0.246 e. The van der Waals surface area contributed by atoms with Crippen LogP contribution in [0.1, 0.15) is 98.7 Å². The highest BCUT2D eigenvalue weighted by Crippen LogP contribution is 2.45. The summed E-state index contributed by atoms with van der Waals surface area (Å²) in [6.07, 6.45) is 8.74. The van der Waals surface area contributed by atoms with E-state index in [-0.39, 0.29) is 24.6 Å². The van der Waals surface area contributed by atoms with Gasteiger partial charge >= 0.3 is 0 Å². The van der Waals surface area contributed by atoms with Gasteiger partial charge in [0.1, 0.15) is 22.0 Å². The molecule has 0 aliphatic heterocycles. The molecule has 2 aromatic heterocycles. The Hall–Kier alpha value is -3.50. The molecular formula is C34H44N4O5S. The van der Waals surface area contributed by atoms with Gasteiger partial charge in [0.2, 0.25) is 10.0 Å². The number of fused-ring (bicyclic) bond motifs is 1. The number of nitrogens with one attached hydrogen (secondary N) is 1. The number of hydrogen-bond acceptors (Lipinski definition) is 7. The number of Topliss-reactive ketones (excluding diaryl/α,β-unsaturated/α-hetero) is 1. The predicted molar refractivity (Wildman–Crippen MR) is 172 cm³/mol. The normalized spacial score (nSPS) is 19.3. The van der Waals surface area contributed by atoms with Crippen molar-refractivity contribution in [1.82, 2.24) is 14.7 Å². The Labute approximate surface area is 260 Å². The lowest BCUT2D eigenvalue weighted by Gasteiger charge is -2.40. The van der Waals surface area contributed by atoms with E-state index in [1.807, 2.05) is 67.8 Å². The van der Waals surface area contributed by atoms with E-state index in [1.165, 1.54) is 0 Å². The number of allylic oxidation sites excluding steroid dienone is 3. The van der Waals surface area contributed by atoms with Gasteiger partial charge in [0, 0.05) is 24.9 Å². The monoisotopic (exact) mass is 620 g/mol. The van der Waals surface area contributed by atoms with E-state index in [4.69, 9.17) is 14.2 Å². The molecular weight excluding hydrogens is 576 g/mol. The quantitative estimate of drug-likeness (QED) is 0.249. The molecule has 0 saturated heterocycles. The number of ether oxygens (including phenoxy) is 1. The van der Waals surface area contributed by atoms with Crippen molar-refractivity contribution in [2.75, 3.05) is 11.3 Å². The molecule has 10 heteroatoms. The van der Waals surface area contributed by atoms with Crippen molar-refractivity contribution in [2.24, 2.45) is 0 Å². The van der Waals surface area contributed by atoms with Gasteiger partial charge in [0.15, 0.2) is 11.6 Å². The minimum Gasteiger partial charge on any atom is -0.374 e. The number of ketones is 1. The number of imidazole rings is 1. The van der Waals surface area contributed by atoms with Gasteiger partial charge in [-0.05, 0) is 83.4 Å². The molecule has 236 valence electrons. The first-order chi connectivity index (χ1) is 20.8. The second-order valence-electron chi connectivity index (χ2n) is 13.0. The largest absolute Gasteiger partial charge is 0.374 e. The second kappa shape index (κ2) is 12.5. The number of rotatable bonds is 10. The van der Waals surface area contributed by atoms with Gasteiger partial charge in [-0.15, -0.1) is 0 Å². The fourth-order valence-electron chi connectivity index (χ4n) is 6.00. The lowest BCUT2D eigenvalue weighted by Crippen LogP contribution is -2.50. The van der Waals surface area contributed by atoms with Crippen LogP contribution in [0.3, 0.4) is 0 Å². The molecule has 2 aliphatic carbocycles. The van der Waals surface area contributed by atoms with E-state index in [0.717, 1.165) is 54.8 Å². The zero-order valence-electron chi connectivity index (χ0n) is 26.7. The van der Waals surface area contributed by atoms with Crippen molar-refractivity contribution in [3.63, 3.8) is 0 Å². The number of carbonyl (C=O) groups is 1. The molecule has 0 saturated carbocycles. The third kappa shape index (κ3) is 6.33. The molecule has 0 spiro atoms. The van der Waals surface area contributed by atoms with Crippen LogP contribution in [0, 0.1) is 13.8 Å². The molecule has 0 radical (unpaired) electrons. The molecule has 2 aliphatic rings. The highest BCUT2D eigenvalue weighted by molar-refractivity contribution is 7.94. The number of anilines is 1. The van der Waals surface area contributed by atoms with E-state index < -0.39 is 20.4 Å². The third-order valence-corrected chi connectivity index (χ3v) is 10.5. The molecule has 1 N–H and O–H groups in total. The van der Waals surface area contributed by atoms with Gasteiger partial charge in [0.05, 0.1) is 17.9 Å². The highest BCUT2D eigenvalue weighted by atomic mass is 32.2. The summed E-state index contributed by atoms with van der Waals surface area (Å²) in [7, 11) is -4.19. The van der Waals surface area contributed by atoms with Crippen molar-refractivity contribution in [1.29, 1.82) is 0 Å². The molecule has 1 unspecified atom stereocenters. The number of aryl methyl sites for hydroxylation is 3. The fourth-order valence-corrected chi connectivity index (χ4v) is 7.71. The standard InChI is InChI=1S/C34H44N4O5S/c1-7-13-30-35-28-16-11-12-17-29(39)31(28)38(30)21-25-18-19-27(26-14-9-8-10-15-26)34(20-25,22-42-33(4,5)6)44(40,41)37-32-23(2)24(3)43-36-32/h8-10,14-15,18-19H,7,11-13,16-17,20-22H2,1-6H3,(H,36,37). The summed E-state index contributed by atoms with van der Waals surface area (Å²) in [6.45, 7) is 11.7. The van der Waals surface area contributed by atoms with Crippen LogP contribution in [0.2, 0.25) is 0 Å². The molecule has 5 rings (SSSR count). The molecule has 3 aromatic rings. The molecule has 2 heterocycles. The van der Waals surface area contributed by atoms with Crippen molar-refractivity contribution >= 4 is 27.2 Å². The van der Waals surface area contributed by atoms with Crippen LogP contribution in [-0.4, -0.2) is 45.9 Å². The molecule has 0 bridgehead atoms. The minimum atomic E-state index is -4.19. The Balaban J connectivity index is 1.65. The van der Waals surface area contributed by atoms with Crippen LogP contribution in [0.25, 0.3) is 5.57 Å². The van der Waals surface area contributed by atoms with E-state index in [9.17, 15) is 13.2 Å². The zero-order valence-corrected chi connectivity index (χ0v) is 27.5. The minimum absolute atomic E-state index is 0.0947. The molecule has 0 amide bonds. The van der Waals surface area contributed by atoms with Crippen molar-refractivity contribution in [3.8, 4) is 0 Å². The van der Waals surface area contributed by atoms with Crippen molar-refractivity contribution in [3.05, 3.63) is 82.2 Å². The molecule has 44 heavy (non-hydrogen) atoms. The predicted octanol–water partition coefficient (Wildman–Crippen LogP) is 6.76. The summed E-state index contributed by atoms with van der Waals surface area (Å²) in [6, 6.07) is 9.56. The maximum absolute atomic E-state index is 14.8. The summed E-state index contributed by atoms with van der Waals surface area (Å²) in [5.41, 5.74) is 3.85. The number of aromatic nitrogens is 3. The topological polar surface area (TPSA) is 116 Å². The Morgan fingerprint density at radius 1 is 1.09 bits per heavy atom. The first-order valence-electron chi connectivity index (χ1n) is 15.5. The molecule has 9 nitrogen and oxygen atoms in total. The molecule has 0 fully saturated rings. The summed E-state index contributed by atoms with van der Waals surface area (Å²) in [5, 5.41) is 4.02. The molecule has 1 aromatic carbocycles. The van der Waals surface area contributed by atoms with Gasteiger partial charge in [-0.3, -0.25) is 9.52 Å². The van der Waals surface area contributed by atoms with Crippen LogP contribution in [0.5, 0.6) is 0 Å². The average Bonchev–Trinajstić information content (AvgIpc) is 3.40. The number of benzene rings is 1. The van der Waals surface area contributed by atoms with Gasteiger partial charge in [-0.25, -0.2) is 13.4 Å². The van der Waals surface area contributed by atoms with Gasteiger partial charge in [0.25, 0.3) is 0 Å². The van der Waals surface area contributed by atoms with Gasteiger partial charge in [-0.2, -0.15) is 0 Å². The van der Waals surface area contributed by atoms with Gasteiger partial charge < -0.3 is 13.8 Å². The summed E-state index contributed by atoms with van der Waals surface area (Å²) in [5.74, 6) is 1.69. The van der Waals surface area contributed by atoms with E-state index in [1.54, 1.807) is 13.8 Å². The number of nitrogens with zero attached hydrogens (tertiary/aromatic N) is 3. The van der Waals surface area contributed by atoms with Crippen LogP contribution in [0.15, 0.2) is 52.6 Å². The third-order valence-electron chi connectivity index (χ3n) is 8.50. The Bertz CT molecular complexity index is 1690. The maximum Gasteiger partial charge on any atom is 0.246 e. The maximum atomic E-state index is 14.8. The summed E-state index contributed by atoms with van der Waals surface area (Å²) in [4.78, 5) is 18.3. The summed E-state index contributed by atoms with van der Waals surface area (Å²) < 4.78 is 44.5. The van der Waals surface area contributed by atoms with Crippen LogP contribution >= 0.6 is 0 Å². The SMILES string of the molecule is CCCc1nc2c(n1CC1=CC=C(c3ccccc3)C(COC(C)(C)C)(S(=O)(=O)Nc3noc(C)c3C)C1)C(=O)CCCC2. The second-order valence-corrected chi connectivity index (χ2v) is 14.9. The number of carbonyl (C=O) groups excluding carboxylic acids is 1. The van der Waals surface area contributed by atoms with E-state index in [2.05, 4.69) is 16.8 Å². The van der Waals surface area contributed by atoms with Crippen molar-refractivity contribution < 1.29 is 22.5 Å². The first kappa shape index (κ1) is 31.9. The number of hydrogen-bond donors (Lipinski definition) is 1. The fraction of sp³-hybridized carbons (Fsp3) is 0.500. The lowest BCUT2D eigenvalue weighted by molar-refractivity contribution is -0.00978. The van der Waals surface area contributed by atoms with Gasteiger partial charge in [-0.1, -0.05) is 54.6 Å². The van der Waals surface area contributed by atoms with E-state index >= 15 is 0 Å². The van der Waals surface area contributed by atoms with Crippen LogP contribution in [-0.2, 0) is 34.1 Å². The Morgan fingerprint density at radius 3 is 2.48 bits per heavy atom. The Morgan fingerprint density at radius 2 is 1.82 bits per heavy atom. The molecule has 1 atom stereocenters. The lowest BCUT2D eigenvalue weighted by atomic mass is 9.82. The average molecular weight is 621 g/mol. The Kier molecular flexibility index (Phi) is 9.05. The number of sulfonamides is 1.